The first kappa shape index (κ1) is 15.0. The van der Waals surface area contributed by atoms with Crippen molar-refractivity contribution in [3.63, 3.8) is 0 Å². The van der Waals surface area contributed by atoms with Crippen LogP contribution >= 0.6 is 15.9 Å². The Morgan fingerprint density at radius 2 is 2.22 bits per heavy atom. The molecular weight excluding hydrogens is 298 g/mol. The summed E-state index contributed by atoms with van der Waals surface area (Å²) in [5.74, 6) is 0.655. The first-order valence-corrected chi connectivity index (χ1v) is 6.58. The molecule has 0 aliphatic carbocycles. The Hall–Kier alpha value is -1.07. The number of carbonyl (C=O) groups is 1. The summed E-state index contributed by atoms with van der Waals surface area (Å²) in [6, 6.07) is 5.66. The number of nitrogens with one attached hydrogen (secondary N) is 1. The molecule has 0 spiro atoms. The zero-order chi connectivity index (χ0) is 13.5. The summed E-state index contributed by atoms with van der Waals surface area (Å²) >= 11 is 3.42. The fraction of sp³-hybridized carbons (Fsp3) is 0.462. The van der Waals surface area contributed by atoms with E-state index in [-0.39, 0.29) is 18.6 Å². The van der Waals surface area contributed by atoms with Crippen molar-refractivity contribution in [1.82, 2.24) is 5.32 Å². The monoisotopic (exact) mass is 315 g/mol. The van der Waals surface area contributed by atoms with Crippen molar-refractivity contribution in [2.24, 2.45) is 0 Å². The van der Waals surface area contributed by atoms with E-state index in [2.05, 4.69) is 21.2 Å². The molecule has 1 aromatic rings. The van der Waals surface area contributed by atoms with Crippen LogP contribution in [0.4, 0.5) is 0 Å². The van der Waals surface area contributed by atoms with Crippen molar-refractivity contribution < 1.29 is 14.3 Å². The molecule has 1 atom stereocenters. The Bertz CT molecular complexity index is 409. The summed E-state index contributed by atoms with van der Waals surface area (Å²) in [5, 5.41) is 2.87. The number of methoxy groups -OCH3 is 1. The largest absolute Gasteiger partial charge is 0.496 e. The average molecular weight is 316 g/mol. The Morgan fingerprint density at radius 3 is 2.78 bits per heavy atom. The molecule has 0 aliphatic rings. The van der Waals surface area contributed by atoms with Crippen LogP contribution in [-0.4, -0.2) is 26.2 Å². The molecule has 0 aromatic heterocycles. The van der Waals surface area contributed by atoms with Gasteiger partial charge in [0.1, 0.15) is 12.4 Å². The van der Waals surface area contributed by atoms with Gasteiger partial charge in [-0.1, -0.05) is 6.07 Å². The van der Waals surface area contributed by atoms with E-state index in [4.69, 9.17) is 9.47 Å². The quantitative estimate of drug-likeness (QED) is 0.878. The van der Waals surface area contributed by atoms with Crippen LogP contribution in [0.1, 0.15) is 25.5 Å². The van der Waals surface area contributed by atoms with E-state index >= 15 is 0 Å². The second-order valence-electron chi connectivity index (χ2n) is 3.82. The number of hydrogen-bond acceptors (Lipinski definition) is 3. The van der Waals surface area contributed by atoms with E-state index in [0.717, 1.165) is 15.8 Å². The van der Waals surface area contributed by atoms with Crippen LogP contribution in [0.15, 0.2) is 22.7 Å². The molecule has 4 nitrogen and oxygen atoms in total. The van der Waals surface area contributed by atoms with Crippen molar-refractivity contribution in [3.05, 3.63) is 28.2 Å². The second-order valence-corrected chi connectivity index (χ2v) is 4.67. The topological polar surface area (TPSA) is 47.6 Å². The van der Waals surface area contributed by atoms with Crippen LogP contribution in [0, 0.1) is 0 Å². The minimum absolute atomic E-state index is 0.0693. The Balaban J connectivity index is 2.63. The fourth-order valence-corrected chi connectivity index (χ4v) is 2.07. The average Bonchev–Trinajstić information content (AvgIpc) is 2.36. The number of carbonyl (C=O) groups excluding carboxylic acids is 1. The molecule has 0 bridgehead atoms. The van der Waals surface area contributed by atoms with Gasteiger partial charge in [-0.25, -0.2) is 0 Å². The van der Waals surface area contributed by atoms with E-state index in [1.807, 2.05) is 32.0 Å². The van der Waals surface area contributed by atoms with Crippen LogP contribution in [0.25, 0.3) is 0 Å². The summed E-state index contributed by atoms with van der Waals surface area (Å²) in [6.07, 6.45) is 0. The maximum Gasteiger partial charge on any atom is 0.246 e. The number of amides is 1. The molecule has 0 aliphatic heterocycles. The molecule has 100 valence electrons. The maximum absolute atomic E-state index is 11.5. The minimum atomic E-state index is -0.115. The normalized spacial score (nSPS) is 12.0. The SMILES string of the molecule is CCOCC(=O)NC(C)c1ccc(OC)c(Br)c1. The fourth-order valence-electron chi connectivity index (χ4n) is 1.51. The molecule has 0 heterocycles. The summed E-state index contributed by atoms with van der Waals surface area (Å²) in [6.45, 7) is 4.42. The number of ether oxygens (including phenoxy) is 2. The lowest BCUT2D eigenvalue weighted by Gasteiger charge is -2.15. The van der Waals surface area contributed by atoms with Gasteiger partial charge in [-0.15, -0.1) is 0 Å². The molecule has 1 aromatic carbocycles. The highest BCUT2D eigenvalue weighted by molar-refractivity contribution is 9.10. The highest BCUT2D eigenvalue weighted by Gasteiger charge is 2.11. The van der Waals surface area contributed by atoms with Gasteiger partial charge in [0.05, 0.1) is 17.6 Å². The molecule has 0 saturated heterocycles. The van der Waals surface area contributed by atoms with E-state index in [1.165, 1.54) is 0 Å². The lowest BCUT2D eigenvalue weighted by molar-refractivity contribution is -0.126. The van der Waals surface area contributed by atoms with Crippen LogP contribution < -0.4 is 10.1 Å². The second kappa shape index (κ2) is 7.38. The summed E-state index contributed by atoms with van der Waals surface area (Å²) in [4.78, 5) is 11.5. The Morgan fingerprint density at radius 1 is 1.50 bits per heavy atom. The third-order valence-corrected chi connectivity index (χ3v) is 3.11. The van der Waals surface area contributed by atoms with Crippen molar-refractivity contribution in [2.75, 3.05) is 20.3 Å². The lowest BCUT2D eigenvalue weighted by atomic mass is 10.1. The van der Waals surface area contributed by atoms with Crippen molar-refractivity contribution in [3.8, 4) is 5.75 Å². The molecule has 5 heteroatoms. The van der Waals surface area contributed by atoms with E-state index < -0.39 is 0 Å². The number of halogens is 1. The predicted molar refractivity (Wildman–Crippen MR) is 73.7 cm³/mol. The molecule has 0 saturated carbocycles. The number of benzene rings is 1. The summed E-state index contributed by atoms with van der Waals surface area (Å²) < 4.78 is 11.1. The van der Waals surface area contributed by atoms with Gasteiger partial charge in [-0.2, -0.15) is 0 Å². The van der Waals surface area contributed by atoms with Gasteiger partial charge in [0.2, 0.25) is 5.91 Å². The number of hydrogen-bond donors (Lipinski definition) is 1. The number of rotatable bonds is 6. The molecule has 1 N–H and O–H groups in total. The third kappa shape index (κ3) is 4.31. The van der Waals surface area contributed by atoms with Crippen LogP contribution in [0.3, 0.4) is 0 Å². The third-order valence-electron chi connectivity index (χ3n) is 2.49. The smallest absolute Gasteiger partial charge is 0.246 e. The Kier molecular flexibility index (Phi) is 6.15. The van der Waals surface area contributed by atoms with Crippen molar-refractivity contribution in [2.45, 2.75) is 19.9 Å². The highest BCUT2D eigenvalue weighted by atomic mass is 79.9. The molecule has 0 fully saturated rings. The van der Waals surface area contributed by atoms with E-state index in [1.54, 1.807) is 7.11 Å². The van der Waals surface area contributed by atoms with Gasteiger partial charge in [0.15, 0.2) is 0 Å². The molecule has 1 rings (SSSR count). The summed E-state index contributed by atoms with van der Waals surface area (Å²) in [7, 11) is 1.62. The maximum atomic E-state index is 11.5. The molecule has 1 amide bonds. The van der Waals surface area contributed by atoms with Gasteiger partial charge in [0.25, 0.3) is 0 Å². The first-order valence-electron chi connectivity index (χ1n) is 5.79. The van der Waals surface area contributed by atoms with Gasteiger partial charge in [0, 0.05) is 6.61 Å². The molecule has 18 heavy (non-hydrogen) atoms. The van der Waals surface area contributed by atoms with Gasteiger partial charge >= 0.3 is 0 Å². The molecule has 1 unspecified atom stereocenters. The minimum Gasteiger partial charge on any atom is -0.496 e. The summed E-state index contributed by atoms with van der Waals surface area (Å²) in [5.41, 5.74) is 1.01. The zero-order valence-corrected chi connectivity index (χ0v) is 12.4. The van der Waals surface area contributed by atoms with Crippen LogP contribution in [0.5, 0.6) is 5.75 Å². The standard InChI is InChI=1S/C13H18BrNO3/c1-4-18-8-13(16)15-9(2)10-5-6-12(17-3)11(14)7-10/h5-7,9H,4,8H2,1-3H3,(H,15,16). The zero-order valence-electron chi connectivity index (χ0n) is 10.8. The molecular formula is C13H18BrNO3. The Labute approximate surface area is 116 Å². The van der Waals surface area contributed by atoms with E-state index in [0.29, 0.717) is 6.61 Å². The first-order chi connectivity index (χ1) is 8.58. The predicted octanol–water partition coefficient (Wildman–Crippen LogP) is 2.67. The van der Waals surface area contributed by atoms with Crippen molar-refractivity contribution in [1.29, 1.82) is 0 Å². The van der Waals surface area contributed by atoms with Gasteiger partial charge < -0.3 is 14.8 Å². The highest BCUT2D eigenvalue weighted by Crippen LogP contribution is 2.27. The van der Waals surface area contributed by atoms with Gasteiger partial charge in [-0.3, -0.25) is 4.79 Å². The lowest BCUT2D eigenvalue weighted by Crippen LogP contribution is -2.30. The van der Waals surface area contributed by atoms with Crippen LogP contribution in [0.2, 0.25) is 0 Å². The van der Waals surface area contributed by atoms with E-state index in [9.17, 15) is 4.79 Å². The van der Waals surface area contributed by atoms with Gasteiger partial charge in [-0.05, 0) is 47.5 Å². The van der Waals surface area contributed by atoms with Crippen molar-refractivity contribution >= 4 is 21.8 Å². The molecule has 0 radical (unpaired) electrons. The van der Waals surface area contributed by atoms with Crippen LogP contribution in [-0.2, 0) is 9.53 Å².